The molecule has 3 nitrogen and oxygen atoms in total. The fourth-order valence-electron chi connectivity index (χ4n) is 2.26. The Bertz CT molecular complexity index is 204. The third kappa shape index (κ3) is 0.872. The Balaban J connectivity index is 2.24. The smallest absolute Gasteiger partial charge is 0.223 e. The first-order chi connectivity index (χ1) is 5.12. The number of β-amino-alcohol motifs (C(OH)–C–C–N with tert-alkyl or cyclic N) is 1. The molecule has 2 heterocycles. The topological polar surface area (TPSA) is 40.5 Å². The molecule has 0 aliphatic carbocycles. The highest BCUT2D eigenvalue weighted by atomic mass is 16.3. The summed E-state index contributed by atoms with van der Waals surface area (Å²) in [5, 5.41) is 9.32. The van der Waals surface area contributed by atoms with Crippen LogP contribution in [-0.2, 0) is 4.79 Å². The number of fused-ring (bicyclic) bond motifs is 1. The minimum Gasteiger partial charge on any atom is -0.391 e. The molecule has 2 rings (SSSR count). The van der Waals surface area contributed by atoms with Gasteiger partial charge in [0.2, 0.25) is 5.91 Å². The molecule has 0 radical (unpaired) electrons. The van der Waals surface area contributed by atoms with Gasteiger partial charge in [-0.3, -0.25) is 4.79 Å². The van der Waals surface area contributed by atoms with Crippen molar-refractivity contribution in [3.05, 3.63) is 0 Å². The van der Waals surface area contributed by atoms with Crippen LogP contribution in [0.15, 0.2) is 0 Å². The number of amides is 1. The first kappa shape index (κ1) is 7.10. The van der Waals surface area contributed by atoms with E-state index in [1.807, 2.05) is 4.90 Å². The van der Waals surface area contributed by atoms with Crippen molar-refractivity contribution >= 4 is 5.91 Å². The van der Waals surface area contributed by atoms with Gasteiger partial charge in [-0.25, -0.2) is 0 Å². The molecule has 1 N–H and O–H groups in total. The maximum absolute atomic E-state index is 11.2. The van der Waals surface area contributed by atoms with Crippen LogP contribution in [0.2, 0.25) is 0 Å². The summed E-state index contributed by atoms with van der Waals surface area (Å²) in [6.07, 6.45) is 2.06. The Morgan fingerprint density at radius 3 is 3.09 bits per heavy atom. The lowest BCUT2D eigenvalue weighted by atomic mass is 9.96. The van der Waals surface area contributed by atoms with Crippen LogP contribution >= 0.6 is 0 Å². The molecule has 2 aliphatic heterocycles. The van der Waals surface area contributed by atoms with Crippen molar-refractivity contribution < 1.29 is 9.90 Å². The maximum atomic E-state index is 11.2. The molecule has 62 valence electrons. The van der Waals surface area contributed by atoms with E-state index in [1.54, 1.807) is 0 Å². The zero-order valence-electron chi connectivity index (χ0n) is 6.71. The maximum Gasteiger partial charge on any atom is 0.223 e. The summed E-state index contributed by atoms with van der Waals surface area (Å²) >= 11 is 0. The van der Waals surface area contributed by atoms with Gasteiger partial charge in [-0.1, -0.05) is 0 Å². The molecule has 0 aromatic heterocycles. The number of carbonyl (C=O) groups excluding carboxylic acids is 1. The van der Waals surface area contributed by atoms with Crippen LogP contribution < -0.4 is 0 Å². The van der Waals surface area contributed by atoms with E-state index in [0.29, 0.717) is 13.0 Å². The quantitative estimate of drug-likeness (QED) is 0.540. The largest absolute Gasteiger partial charge is 0.391 e. The first-order valence-electron chi connectivity index (χ1n) is 4.10. The molecule has 11 heavy (non-hydrogen) atoms. The average molecular weight is 155 g/mol. The van der Waals surface area contributed by atoms with Crippen molar-refractivity contribution in [2.45, 2.75) is 37.8 Å². The Hall–Kier alpha value is -0.570. The zero-order valence-corrected chi connectivity index (χ0v) is 6.71. The molecule has 2 atom stereocenters. The van der Waals surface area contributed by atoms with E-state index >= 15 is 0 Å². The van der Waals surface area contributed by atoms with E-state index in [4.69, 9.17) is 0 Å². The number of aliphatic hydroxyl groups is 1. The summed E-state index contributed by atoms with van der Waals surface area (Å²) in [5.74, 6) is 0.212. The van der Waals surface area contributed by atoms with Gasteiger partial charge >= 0.3 is 0 Å². The number of rotatable bonds is 0. The zero-order chi connectivity index (χ0) is 8.06. The lowest BCUT2D eigenvalue weighted by Gasteiger charge is -2.26. The van der Waals surface area contributed by atoms with E-state index in [0.717, 1.165) is 12.8 Å². The number of hydrogen-bond donors (Lipinski definition) is 1. The highest BCUT2D eigenvalue weighted by molar-refractivity contribution is 5.80. The van der Waals surface area contributed by atoms with E-state index in [2.05, 4.69) is 6.92 Å². The molecule has 0 aromatic carbocycles. The lowest BCUT2D eigenvalue weighted by molar-refractivity contribution is -0.129. The normalized spacial score (nSPS) is 43.3. The van der Waals surface area contributed by atoms with Gasteiger partial charge in [-0.15, -0.1) is 0 Å². The van der Waals surface area contributed by atoms with Gasteiger partial charge in [0.25, 0.3) is 0 Å². The minimum atomic E-state index is -0.288. The number of nitrogens with zero attached hydrogens (tertiary/aromatic N) is 1. The summed E-state index contributed by atoms with van der Waals surface area (Å²) in [5.41, 5.74) is -0.0174. The van der Waals surface area contributed by atoms with Gasteiger partial charge in [0, 0.05) is 18.5 Å². The van der Waals surface area contributed by atoms with Crippen molar-refractivity contribution in [2.75, 3.05) is 6.54 Å². The monoisotopic (exact) mass is 155 g/mol. The Morgan fingerprint density at radius 2 is 2.45 bits per heavy atom. The molecule has 2 saturated heterocycles. The predicted octanol–water partition coefficient (Wildman–Crippen LogP) is 0.132. The molecule has 2 aliphatic rings. The fourth-order valence-corrected chi connectivity index (χ4v) is 2.26. The van der Waals surface area contributed by atoms with Gasteiger partial charge in [0.05, 0.1) is 6.10 Å². The molecular formula is C8H13NO2. The van der Waals surface area contributed by atoms with Gasteiger partial charge in [0.1, 0.15) is 0 Å². The van der Waals surface area contributed by atoms with Crippen molar-refractivity contribution in [1.29, 1.82) is 0 Å². The summed E-state index contributed by atoms with van der Waals surface area (Å²) in [6, 6.07) is 0. The third-order valence-electron chi connectivity index (χ3n) is 2.90. The molecule has 0 bridgehead atoms. The van der Waals surface area contributed by atoms with Gasteiger partial charge in [0.15, 0.2) is 0 Å². The number of hydrogen-bond acceptors (Lipinski definition) is 2. The van der Waals surface area contributed by atoms with Gasteiger partial charge in [-0.2, -0.15) is 0 Å². The molecular weight excluding hydrogens is 142 g/mol. The van der Waals surface area contributed by atoms with Crippen LogP contribution in [0.4, 0.5) is 0 Å². The average Bonchev–Trinajstić information content (AvgIpc) is 2.32. The fraction of sp³-hybridized carbons (Fsp3) is 0.875. The van der Waals surface area contributed by atoms with Gasteiger partial charge in [-0.05, 0) is 19.8 Å². The molecule has 0 saturated carbocycles. The van der Waals surface area contributed by atoms with Crippen molar-refractivity contribution in [1.82, 2.24) is 4.90 Å². The van der Waals surface area contributed by atoms with Crippen molar-refractivity contribution in [2.24, 2.45) is 0 Å². The van der Waals surface area contributed by atoms with E-state index in [1.165, 1.54) is 0 Å². The standard InChI is InChI=1S/C8H13NO2/c1-8-3-2-7(11)9(8)5-6(10)4-8/h6,10H,2-5H2,1H3. The highest BCUT2D eigenvalue weighted by Gasteiger charge is 2.47. The van der Waals surface area contributed by atoms with E-state index in [9.17, 15) is 9.90 Å². The third-order valence-corrected chi connectivity index (χ3v) is 2.90. The summed E-state index contributed by atoms with van der Waals surface area (Å²) in [7, 11) is 0. The molecule has 0 spiro atoms. The Kier molecular flexibility index (Phi) is 1.27. The van der Waals surface area contributed by atoms with Crippen molar-refractivity contribution in [3.8, 4) is 0 Å². The van der Waals surface area contributed by atoms with Crippen LogP contribution in [0.5, 0.6) is 0 Å². The lowest BCUT2D eigenvalue weighted by Crippen LogP contribution is -2.37. The van der Waals surface area contributed by atoms with Crippen LogP contribution in [0.25, 0.3) is 0 Å². The summed E-state index contributed by atoms with van der Waals surface area (Å²) < 4.78 is 0. The summed E-state index contributed by atoms with van der Waals surface area (Å²) in [4.78, 5) is 13.1. The Labute approximate surface area is 66.0 Å². The van der Waals surface area contributed by atoms with Gasteiger partial charge < -0.3 is 10.0 Å². The second-order valence-corrected chi connectivity index (χ2v) is 3.86. The summed E-state index contributed by atoms with van der Waals surface area (Å²) in [6.45, 7) is 2.61. The minimum absolute atomic E-state index is 0.0174. The Morgan fingerprint density at radius 1 is 1.73 bits per heavy atom. The predicted molar refractivity (Wildman–Crippen MR) is 40.0 cm³/mol. The van der Waals surface area contributed by atoms with Crippen LogP contribution in [0, 0.1) is 0 Å². The van der Waals surface area contributed by atoms with Crippen LogP contribution in [-0.4, -0.2) is 34.1 Å². The molecule has 3 heteroatoms. The molecule has 2 unspecified atom stereocenters. The van der Waals surface area contributed by atoms with E-state index < -0.39 is 0 Å². The van der Waals surface area contributed by atoms with Crippen LogP contribution in [0.1, 0.15) is 26.2 Å². The molecule has 2 fully saturated rings. The second kappa shape index (κ2) is 1.97. The number of aliphatic hydroxyl groups excluding tert-OH is 1. The molecule has 1 amide bonds. The SMILES string of the molecule is CC12CCC(=O)N1CC(O)C2. The number of carbonyl (C=O) groups is 1. The van der Waals surface area contributed by atoms with Crippen LogP contribution in [0.3, 0.4) is 0 Å². The highest BCUT2D eigenvalue weighted by Crippen LogP contribution is 2.38. The molecule has 0 aromatic rings. The first-order valence-corrected chi connectivity index (χ1v) is 4.10. The second-order valence-electron chi connectivity index (χ2n) is 3.86. The van der Waals surface area contributed by atoms with Crippen molar-refractivity contribution in [3.63, 3.8) is 0 Å². The van der Waals surface area contributed by atoms with E-state index in [-0.39, 0.29) is 17.6 Å².